The normalized spacial score (nSPS) is 11.0. The number of aromatic amines is 1. The summed E-state index contributed by atoms with van der Waals surface area (Å²) in [5, 5.41) is 0. The van der Waals surface area contributed by atoms with Crippen LogP contribution in [0, 0.1) is 11.7 Å². The maximum Gasteiger partial charge on any atom is 0.290 e. The molecule has 19 heavy (non-hydrogen) atoms. The molecule has 0 unspecified atom stereocenters. The van der Waals surface area contributed by atoms with E-state index in [1.807, 2.05) is 37.3 Å². The molecule has 3 aromatic rings. The third kappa shape index (κ3) is 1.98. The van der Waals surface area contributed by atoms with Gasteiger partial charge in [-0.1, -0.05) is 29.8 Å². The number of fused-ring (bicyclic) bond motifs is 1. The van der Waals surface area contributed by atoms with Gasteiger partial charge in [0.25, 0.3) is 5.56 Å². The van der Waals surface area contributed by atoms with Crippen molar-refractivity contribution in [3.63, 3.8) is 0 Å². The van der Waals surface area contributed by atoms with E-state index in [0.717, 1.165) is 20.6 Å². The van der Waals surface area contributed by atoms with Crippen LogP contribution in [-0.4, -0.2) is 9.66 Å². The van der Waals surface area contributed by atoms with Crippen LogP contribution in [0.4, 0.5) is 0 Å². The number of nitrogens with two attached hydrogens (primary N) is 1. The van der Waals surface area contributed by atoms with Gasteiger partial charge in [0.15, 0.2) is 4.77 Å². The molecular formula is C13H11N3OS2. The third-order valence-electron chi connectivity index (χ3n) is 2.94. The standard InChI is InChI=1S/C13H11N3OS2/c1-7-2-4-8(5-3-7)10-6-9-11(19-10)12(17)16(14)13(18)15-9/h2-6H,14H2,1H3,(H,15,18). The summed E-state index contributed by atoms with van der Waals surface area (Å²) in [6.07, 6.45) is 0. The van der Waals surface area contributed by atoms with Crippen molar-refractivity contribution in [2.75, 3.05) is 5.84 Å². The van der Waals surface area contributed by atoms with Crippen molar-refractivity contribution in [3.05, 3.63) is 51.0 Å². The Kier molecular flexibility index (Phi) is 2.76. The van der Waals surface area contributed by atoms with Gasteiger partial charge in [0, 0.05) is 4.88 Å². The Balaban J connectivity index is 2.28. The Hall–Kier alpha value is -1.92. The second-order valence-electron chi connectivity index (χ2n) is 4.32. The second kappa shape index (κ2) is 4.32. The van der Waals surface area contributed by atoms with Crippen LogP contribution in [-0.2, 0) is 0 Å². The molecule has 0 amide bonds. The molecule has 0 radical (unpaired) electrons. The van der Waals surface area contributed by atoms with Crippen LogP contribution in [0.2, 0.25) is 0 Å². The molecule has 2 aromatic heterocycles. The van der Waals surface area contributed by atoms with Gasteiger partial charge in [-0.25, -0.2) is 0 Å². The molecule has 6 heteroatoms. The van der Waals surface area contributed by atoms with Crippen LogP contribution >= 0.6 is 23.6 Å². The van der Waals surface area contributed by atoms with Gasteiger partial charge in [-0.2, -0.15) is 4.68 Å². The molecule has 0 fully saturated rings. The van der Waals surface area contributed by atoms with Crippen LogP contribution in [0.15, 0.2) is 35.1 Å². The summed E-state index contributed by atoms with van der Waals surface area (Å²) in [5.74, 6) is 5.59. The lowest BCUT2D eigenvalue weighted by Gasteiger charge is -1.96. The highest BCUT2D eigenvalue weighted by Gasteiger charge is 2.09. The predicted molar refractivity (Wildman–Crippen MR) is 81.6 cm³/mol. The van der Waals surface area contributed by atoms with Gasteiger partial charge >= 0.3 is 0 Å². The van der Waals surface area contributed by atoms with Crippen molar-refractivity contribution in [3.8, 4) is 10.4 Å². The van der Waals surface area contributed by atoms with Crippen LogP contribution in [0.25, 0.3) is 20.7 Å². The van der Waals surface area contributed by atoms with E-state index in [1.54, 1.807) is 0 Å². The summed E-state index contributed by atoms with van der Waals surface area (Å²) >= 11 is 6.41. The topological polar surface area (TPSA) is 63.8 Å². The molecule has 0 saturated carbocycles. The Morgan fingerprint density at radius 1 is 1.32 bits per heavy atom. The summed E-state index contributed by atoms with van der Waals surface area (Å²) in [4.78, 5) is 16.0. The monoisotopic (exact) mass is 289 g/mol. The fraction of sp³-hybridized carbons (Fsp3) is 0.0769. The Morgan fingerprint density at radius 3 is 2.68 bits per heavy atom. The maximum atomic E-state index is 12.0. The second-order valence-corrected chi connectivity index (χ2v) is 5.76. The van der Waals surface area contributed by atoms with E-state index in [0.29, 0.717) is 4.70 Å². The third-order valence-corrected chi connectivity index (χ3v) is 4.41. The maximum absolute atomic E-state index is 12.0. The first-order valence-corrected chi connectivity index (χ1v) is 6.90. The molecule has 0 atom stereocenters. The lowest BCUT2D eigenvalue weighted by molar-refractivity contribution is 0.895. The molecule has 3 rings (SSSR count). The smallest absolute Gasteiger partial charge is 0.290 e. The van der Waals surface area contributed by atoms with E-state index in [9.17, 15) is 4.79 Å². The summed E-state index contributed by atoms with van der Waals surface area (Å²) in [7, 11) is 0. The molecule has 2 heterocycles. The van der Waals surface area contributed by atoms with E-state index >= 15 is 0 Å². The van der Waals surface area contributed by atoms with E-state index in [2.05, 4.69) is 4.98 Å². The summed E-state index contributed by atoms with van der Waals surface area (Å²) < 4.78 is 1.78. The average Bonchev–Trinajstić information content (AvgIpc) is 2.81. The van der Waals surface area contributed by atoms with E-state index in [4.69, 9.17) is 18.1 Å². The Morgan fingerprint density at radius 2 is 2.00 bits per heavy atom. The number of aromatic nitrogens is 2. The largest absolute Gasteiger partial charge is 0.334 e. The fourth-order valence-electron chi connectivity index (χ4n) is 1.88. The van der Waals surface area contributed by atoms with Crippen LogP contribution in [0.1, 0.15) is 5.56 Å². The quantitative estimate of drug-likeness (QED) is 0.535. The van der Waals surface area contributed by atoms with Gasteiger partial charge in [-0.05, 0) is 30.8 Å². The average molecular weight is 289 g/mol. The number of thiophene rings is 1. The van der Waals surface area contributed by atoms with Crippen LogP contribution in [0.5, 0.6) is 0 Å². The van der Waals surface area contributed by atoms with Crippen molar-refractivity contribution in [2.24, 2.45) is 0 Å². The zero-order valence-corrected chi connectivity index (χ0v) is 11.8. The Labute approximate surface area is 118 Å². The highest BCUT2D eigenvalue weighted by Crippen LogP contribution is 2.30. The lowest BCUT2D eigenvalue weighted by atomic mass is 10.1. The number of rotatable bonds is 1. The minimum atomic E-state index is -0.262. The number of nitrogens with one attached hydrogen (secondary N) is 1. The minimum absolute atomic E-state index is 0.228. The van der Waals surface area contributed by atoms with Crippen molar-refractivity contribution in [1.82, 2.24) is 9.66 Å². The van der Waals surface area contributed by atoms with E-state index in [-0.39, 0.29) is 10.3 Å². The zero-order chi connectivity index (χ0) is 13.6. The summed E-state index contributed by atoms with van der Waals surface area (Å²) in [6.45, 7) is 2.04. The van der Waals surface area contributed by atoms with Crippen molar-refractivity contribution in [2.45, 2.75) is 6.92 Å². The van der Waals surface area contributed by atoms with E-state index < -0.39 is 0 Å². The predicted octanol–water partition coefficient (Wildman–Crippen LogP) is 2.81. The number of H-pyrrole nitrogens is 1. The molecule has 0 aliphatic heterocycles. The highest BCUT2D eigenvalue weighted by molar-refractivity contribution is 7.71. The number of hydrogen-bond donors (Lipinski definition) is 2. The molecular weight excluding hydrogens is 278 g/mol. The SMILES string of the molecule is Cc1ccc(-c2cc3[nH]c(=S)n(N)c(=O)c3s2)cc1. The number of aryl methyl sites for hydroxylation is 1. The molecule has 0 aliphatic carbocycles. The molecule has 3 N–H and O–H groups in total. The Bertz CT molecular complexity index is 872. The fourth-order valence-corrected chi connectivity index (χ4v) is 3.13. The number of benzene rings is 1. The number of nitrogen functional groups attached to an aromatic ring is 1. The van der Waals surface area contributed by atoms with Gasteiger partial charge in [0.1, 0.15) is 4.70 Å². The van der Waals surface area contributed by atoms with Crippen molar-refractivity contribution >= 4 is 33.8 Å². The zero-order valence-electron chi connectivity index (χ0n) is 10.1. The molecule has 0 bridgehead atoms. The molecule has 96 valence electrons. The van der Waals surface area contributed by atoms with Crippen molar-refractivity contribution < 1.29 is 0 Å². The van der Waals surface area contributed by atoms with Crippen molar-refractivity contribution in [1.29, 1.82) is 0 Å². The number of nitrogens with zero attached hydrogens (tertiary/aromatic N) is 1. The highest BCUT2D eigenvalue weighted by atomic mass is 32.1. The first-order valence-electron chi connectivity index (χ1n) is 5.67. The lowest BCUT2D eigenvalue weighted by Crippen LogP contribution is -2.27. The van der Waals surface area contributed by atoms with E-state index in [1.165, 1.54) is 16.9 Å². The first-order chi connectivity index (χ1) is 9.06. The van der Waals surface area contributed by atoms with Gasteiger partial charge < -0.3 is 10.8 Å². The minimum Gasteiger partial charge on any atom is -0.334 e. The molecule has 1 aromatic carbocycles. The summed E-state index contributed by atoms with van der Waals surface area (Å²) in [6, 6.07) is 10.1. The summed E-state index contributed by atoms with van der Waals surface area (Å²) in [5.41, 5.74) is 2.75. The molecule has 0 saturated heterocycles. The first kappa shape index (κ1) is 12.1. The van der Waals surface area contributed by atoms with Gasteiger partial charge in [0.05, 0.1) is 5.52 Å². The van der Waals surface area contributed by atoms with Gasteiger partial charge in [0.2, 0.25) is 0 Å². The van der Waals surface area contributed by atoms with Gasteiger partial charge in [-0.15, -0.1) is 11.3 Å². The van der Waals surface area contributed by atoms with Crippen LogP contribution in [0.3, 0.4) is 0 Å². The molecule has 4 nitrogen and oxygen atoms in total. The van der Waals surface area contributed by atoms with Gasteiger partial charge in [-0.3, -0.25) is 4.79 Å². The number of hydrogen-bond acceptors (Lipinski definition) is 4. The molecule has 0 aliphatic rings. The molecule has 0 spiro atoms. The van der Waals surface area contributed by atoms with Crippen LogP contribution < -0.4 is 11.4 Å².